The largest absolute Gasteiger partial charge is 0.481 e. The van der Waals surface area contributed by atoms with E-state index in [0.29, 0.717) is 5.25 Å². The molecule has 0 radical (unpaired) electrons. The first-order valence-electron chi connectivity index (χ1n) is 5.76. The van der Waals surface area contributed by atoms with E-state index in [2.05, 4.69) is 12.2 Å². The summed E-state index contributed by atoms with van der Waals surface area (Å²) in [5.41, 5.74) is 0. The fraction of sp³-hybridized carbons (Fsp3) is 0.818. The minimum Gasteiger partial charge on any atom is -0.481 e. The van der Waals surface area contributed by atoms with E-state index in [9.17, 15) is 9.59 Å². The predicted molar refractivity (Wildman–Crippen MR) is 64.6 cm³/mol. The summed E-state index contributed by atoms with van der Waals surface area (Å²) >= 11 is 1.88. The van der Waals surface area contributed by atoms with E-state index >= 15 is 0 Å². The van der Waals surface area contributed by atoms with E-state index in [4.69, 9.17) is 5.11 Å². The van der Waals surface area contributed by atoms with Crippen LogP contribution in [0.15, 0.2) is 0 Å². The lowest BCUT2D eigenvalue weighted by atomic mass is 10.2. The number of carboxylic acids is 1. The molecule has 5 heteroatoms. The highest BCUT2D eigenvalue weighted by molar-refractivity contribution is 7.99. The summed E-state index contributed by atoms with van der Waals surface area (Å²) in [6.07, 6.45) is 3.35. The van der Waals surface area contributed by atoms with Gasteiger partial charge in [-0.2, -0.15) is 11.8 Å². The highest BCUT2D eigenvalue weighted by atomic mass is 32.2. The van der Waals surface area contributed by atoms with Crippen LogP contribution in [0.2, 0.25) is 0 Å². The Labute approximate surface area is 100 Å². The Bertz CT molecular complexity index is 258. The second-order valence-corrected chi connectivity index (χ2v) is 5.51. The molecule has 0 spiro atoms. The van der Waals surface area contributed by atoms with Crippen LogP contribution in [0.1, 0.15) is 39.0 Å². The number of aliphatic carboxylic acids is 1. The molecule has 1 fully saturated rings. The van der Waals surface area contributed by atoms with Crippen LogP contribution in [0, 0.1) is 0 Å². The minimum atomic E-state index is -0.916. The highest BCUT2D eigenvalue weighted by Crippen LogP contribution is 2.29. The van der Waals surface area contributed by atoms with Gasteiger partial charge < -0.3 is 10.4 Å². The molecular weight excluding hydrogens is 226 g/mol. The molecule has 1 amide bonds. The third-order valence-corrected chi connectivity index (χ3v) is 4.07. The lowest BCUT2D eigenvalue weighted by Gasteiger charge is -2.19. The Morgan fingerprint density at radius 3 is 2.75 bits per heavy atom. The van der Waals surface area contributed by atoms with Crippen molar-refractivity contribution < 1.29 is 14.7 Å². The van der Waals surface area contributed by atoms with Gasteiger partial charge in [-0.15, -0.1) is 0 Å². The van der Waals surface area contributed by atoms with Gasteiger partial charge in [-0.05, 0) is 18.6 Å². The molecule has 0 aromatic heterocycles. The minimum absolute atomic E-state index is 0.0792. The first-order chi connectivity index (χ1) is 7.63. The van der Waals surface area contributed by atoms with Gasteiger partial charge in [0.1, 0.15) is 0 Å². The van der Waals surface area contributed by atoms with Crippen LogP contribution in [0.4, 0.5) is 0 Å². The fourth-order valence-corrected chi connectivity index (χ4v) is 3.20. The molecule has 0 heterocycles. The summed E-state index contributed by atoms with van der Waals surface area (Å²) in [5.74, 6) is 0.0173. The van der Waals surface area contributed by atoms with E-state index in [1.807, 2.05) is 11.8 Å². The van der Waals surface area contributed by atoms with Crippen LogP contribution < -0.4 is 5.32 Å². The number of carbonyl (C=O) groups excluding carboxylic acids is 1. The van der Waals surface area contributed by atoms with Gasteiger partial charge in [-0.3, -0.25) is 9.59 Å². The van der Waals surface area contributed by atoms with Crippen molar-refractivity contribution in [1.29, 1.82) is 0 Å². The molecule has 1 aliphatic carbocycles. The van der Waals surface area contributed by atoms with E-state index < -0.39 is 5.97 Å². The molecule has 16 heavy (non-hydrogen) atoms. The average molecular weight is 245 g/mol. The number of carbonyl (C=O) groups is 2. The molecule has 4 nitrogen and oxygen atoms in total. The molecule has 0 aromatic carbocycles. The van der Waals surface area contributed by atoms with E-state index in [0.717, 1.165) is 25.0 Å². The fourth-order valence-electron chi connectivity index (χ4n) is 2.00. The second-order valence-electron chi connectivity index (χ2n) is 3.99. The van der Waals surface area contributed by atoms with Crippen LogP contribution >= 0.6 is 11.8 Å². The molecule has 92 valence electrons. The van der Waals surface area contributed by atoms with Gasteiger partial charge in [0.2, 0.25) is 5.91 Å². The Kier molecular flexibility index (Phi) is 5.66. The van der Waals surface area contributed by atoms with Gasteiger partial charge in [0.05, 0.1) is 6.42 Å². The average Bonchev–Trinajstić information content (AvgIpc) is 2.63. The molecule has 2 unspecified atom stereocenters. The number of amides is 1. The maximum absolute atomic E-state index is 11.5. The van der Waals surface area contributed by atoms with Crippen LogP contribution in [-0.4, -0.2) is 34.0 Å². The Morgan fingerprint density at radius 2 is 2.12 bits per heavy atom. The zero-order chi connectivity index (χ0) is 12.0. The van der Waals surface area contributed by atoms with Crippen LogP contribution in [0.25, 0.3) is 0 Å². The topological polar surface area (TPSA) is 66.4 Å². The third kappa shape index (κ3) is 4.43. The quantitative estimate of drug-likeness (QED) is 0.746. The van der Waals surface area contributed by atoms with Crippen molar-refractivity contribution in [2.75, 3.05) is 5.75 Å². The lowest BCUT2D eigenvalue weighted by Crippen LogP contribution is -2.38. The van der Waals surface area contributed by atoms with Gasteiger partial charge in [0, 0.05) is 17.7 Å². The number of rotatable bonds is 6. The smallest absolute Gasteiger partial charge is 0.303 e. The van der Waals surface area contributed by atoms with Gasteiger partial charge in [0.25, 0.3) is 0 Å². The number of thioether (sulfide) groups is 1. The molecule has 2 N–H and O–H groups in total. The third-order valence-electron chi connectivity index (χ3n) is 2.75. The van der Waals surface area contributed by atoms with Gasteiger partial charge in [0.15, 0.2) is 0 Å². The van der Waals surface area contributed by atoms with Gasteiger partial charge >= 0.3 is 5.97 Å². The molecule has 0 bridgehead atoms. The summed E-state index contributed by atoms with van der Waals surface area (Å²) in [7, 11) is 0. The Hall–Kier alpha value is -0.710. The Balaban J connectivity index is 2.29. The predicted octanol–water partition coefficient (Wildman–Crippen LogP) is 1.64. The first-order valence-corrected chi connectivity index (χ1v) is 6.81. The number of hydrogen-bond acceptors (Lipinski definition) is 3. The summed E-state index contributed by atoms with van der Waals surface area (Å²) in [4.78, 5) is 21.8. The van der Waals surface area contributed by atoms with Crippen molar-refractivity contribution in [3.8, 4) is 0 Å². The highest BCUT2D eigenvalue weighted by Gasteiger charge is 2.28. The standard InChI is InChI=1S/C11H19NO3S/c1-2-16-9-5-3-4-8(9)12-10(13)6-7-11(14)15/h8-9H,2-7H2,1H3,(H,12,13)(H,14,15). The molecule has 1 aliphatic rings. The SMILES string of the molecule is CCSC1CCCC1NC(=O)CCC(=O)O. The van der Waals surface area contributed by atoms with Gasteiger partial charge in [-0.1, -0.05) is 13.3 Å². The maximum Gasteiger partial charge on any atom is 0.303 e. The van der Waals surface area contributed by atoms with Crippen molar-refractivity contribution in [3.63, 3.8) is 0 Å². The van der Waals surface area contributed by atoms with Crippen molar-refractivity contribution in [3.05, 3.63) is 0 Å². The maximum atomic E-state index is 11.5. The molecule has 1 saturated carbocycles. The lowest BCUT2D eigenvalue weighted by molar-refractivity contribution is -0.138. The summed E-state index contributed by atoms with van der Waals surface area (Å²) in [5, 5.41) is 11.9. The second kappa shape index (κ2) is 6.78. The summed E-state index contributed by atoms with van der Waals surface area (Å²) in [6.45, 7) is 2.12. The van der Waals surface area contributed by atoms with Crippen molar-refractivity contribution in [2.24, 2.45) is 0 Å². The molecular formula is C11H19NO3S. The number of nitrogens with one attached hydrogen (secondary N) is 1. The van der Waals surface area contributed by atoms with E-state index in [-0.39, 0.29) is 24.8 Å². The number of carboxylic acid groups (broad SMARTS) is 1. The van der Waals surface area contributed by atoms with E-state index in [1.54, 1.807) is 0 Å². The van der Waals surface area contributed by atoms with Gasteiger partial charge in [-0.25, -0.2) is 0 Å². The summed E-state index contributed by atoms with van der Waals surface area (Å²) in [6, 6.07) is 0.242. The molecule has 2 atom stereocenters. The molecule has 1 rings (SSSR count). The van der Waals surface area contributed by atoms with Crippen molar-refractivity contribution >= 4 is 23.6 Å². The first kappa shape index (κ1) is 13.4. The van der Waals surface area contributed by atoms with Crippen LogP contribution in [0.3, 0.4) is 0 Å². The monoisotopic (exact) mass is 245 g/mol. The zero-order valence-electron chi connectivity index (χ0n) is 9.57. The zero-order valence-corrected chi connectivity index (χ0v) is 10.4. The van der Waals surface area contributed by atoms with Crippen molar-refractivity contribution in [2.45, 2.75) is 50.3 Å². The number of hydrogen-bond donors (Lipinski definition) is 2. The van der Waals surface area contributed by atoms with Crippen LogP contribution in [-0.2, 0) is 9.59 Å². The Morgan fingerprint density at radius 1 is 1.38 bits per heavy atom. The van der Waals surface area contributed by atoms with Crippen molar-refractivity contribution in [1.82, 2.24) is 5.32 Å². The van der Waals surface area contributed by atoms with E-state index in [1.165, 1.54) is 0 Å². The molecule has 0 aromatic rings. The summed E-state index contributed by atoms with van der Waals surface area (Å²) < 4.78 is 0. The normalized spacial score (nSPS) is 24.3. The van der Waals surface area contributed by atoms with Crippen LogP contribution in [0.5, 0.6) is 0 Å². The molecule has 0 aliphatic heterocycles. The molecule has 0 saturated heterocycles.